The molecule has 0 aromatic carbocycles. The van der Waals surface area contributed by atoms with Gasteiger partial charge in [0.2, 0.25) is 0 Å². The van der Waals surface area contributed by atoms with Crippen LogP contribution >= 0.6 is 11.6 Å². The molecule has 82 valence electrons. The molecule has 1 fully saturated rings. The van der Waals surface area contributed by atoms with Gasteiger partial charge in [-0.2, -0.15) is 0 Å². The lowest BCUT2D eigenvalue weighted by Gasteiger charge is -2.06. The van der Waals surface area contributed by atoms with E-state index >= 15 is 0 Å². The molecule has 2 rings (SSSR count). The zero-order valence-corrected chi connectivity index (χ0v) is 9.88. The second-order valence-electron chi connectivity index (χ2n) is 4.20. The van der Waals surface area contributed by atoms with Crippen LogP contribution in [0.2, 0.25) is 5.15 Å². The molecule has 1 heterocycles. The molecule has 0 amide bonds. The van der Waals surface area contributed by atoms with Crippen LogP contribution in [0.5, 0.6) is 0 Å². The second kappa shape index (κ2) is 4.35. The van der Waals surface area contributed by atoms with Crippen LogP contribution in [0.1, 0.15) is 26.1 Å². The van der Waals surface area contributed by atoms with Crippen molar-refractivity contribution in [3.05, 3.63) is 17.0 Å². The van der Waals surface area contributed by atoms with Crippen molar-refractivity contribution in [1.29, 1.82) is 0 Å². The highest BCUT2D eigenvalue weighted by atomic mass is 35.5. The van der Waals surface area contributed by atoms with Crippen LogP contribution in [-0.2, 0) is 6.42 Å². The Labute approximate surface area is 95.3 Å². The Hall–Kier alpha value is -0.830. The predicted octanol–water partition coefficient (Wildman–Crippen LogP) is 2.76. The molecule has 0 spiro atoms. The van der Waals surface area contributed by atoms with E-state index in [2.05, 4.69) is 22.2 Å². The molecule has 1 saturated carbocycles. The molecule has 15 heavy (non-hydrogen) atoms. The number of halogens is 1. The van der Waals surface area contributed by atoms with Gasteiger partial charge in [0.15, 0.2) is 0 Å². The number of anilines is 1. The molecule has 0 aliphatic heterocycles. The maximum absolute atomic E-state index is 5.90. The van der Waals surface area contributed by atoms with E-state index in [0.29, 0.717) is 5.15 Å². The summed E-state index contributed by atoms with van der Waals surface area (Å²) in [5.41, 5.74) is 0. The molecular weight excluding hydrogens is 210 g/mol. The lowest BCUT2D eigenvalue weighted by Crippen LogP contribution is -2.07. The van der Waals surface area contributed by atoms with Gasteiger partial charge in [-0.25, -0.2) is 9.97 Å². The van der Waals surface area contributed by atoms with Gasteiger partial charge in [0.25, 0.3) is 0 Å². The first kappa shape index (κ1) is 10.7. The van der Waals surface area contributed by atoms with E-state index < -0.39 is 0 Å². The number of nitrogens with zero attached hydrogens (tertiary/aromatic N) is 2. The molecule has 1 aromatic rings. The fourth-order valence-corrected chi connectivity index (χ4v) is 1.83. The Morgan fingerprint density at radius 3 is 2.87 bits per heavy atom. The Morgan fingerprint density at radius 1 is 1.53 bits per heavy atom. The molecule has 1 aliphatic rings. The van der Waals surface area contributed by atoms with Crippen molar-refractivity contribution in [3.63, 3.8) is 0 Å². The van der Waals surface area contributed by atoms with Gasteiger partial charge in [-0.3, -0.25) is 0 Å². The van der Waals surface area contributed by atoms with Crippen molar-refractivity contribution < 1.29 is 0 Å². The average molecular weight is 226 g/mol. The van der Waals surface area contributed by atoms with Gasteiger partial charge in [-0.1, -0.05) is 25.4 Å². The van der Waals surface area contributed by atoms with E-state index in [1.165, 1.54) is 6.42 Å². The van der Waals surface area contributed by atoms with Crippen molar-refractivity contribution in [3.8, 4) is 0 Å². The van der Waals surface area contributed by atoms with Crippen LogP contribution in [0.4, 0.5) is 5.82 Å². The quantitative estimate of drug-likeness (QED) is 0.801. The molecule has 0 radical (unpaired) electrons. The molecular formula is C11H16ClN3. The summed E-state index contributed by atoms with van der Waals surface area (Å²) in [6.07, 6.45) is 2.14. The number of aryl methyl sites for hydroxylation is 1. The SMILES string of the molecule is CCc1nc(Cl)cc(NCC2CC2C)n1. The van der Waals surface area contributed by atoms with Crippen LogP contribution < -0.4 is 5.32 Å². The molecule has 2 unspecified atom stereocenters. The Balaban J connectivity index is 1.97. The minimum Gasteiger partial charge on any atom is -0.370 e. The summed E-state index contributed by atoms with van der Waals surface area (Å²) in [6.45, 7) is 5.30. The standard InChI is InChI=1S/C11H16ClN3/c1-3-10-14-9(12)5-11(15-10)13-6-8-4-7(8)2/h5,7-8H,3-4,6H2,1-2H3,(H,13,14,15). The first-order chi connectivity index (χ1) is 7.19. The minimum atomic E-state index is 0.521. The van der Waals surface area contributed by atoms with Gasteiger partial charge in [0.05, 0.1) is 0 Å². The number of nitrogens with one attached hydrogen (secondary N) is 1. The fraction of sp³-hybridized carbons (Fsp3) is 0.636. The van der Waals surface area contributed by atoms with Crippen LogP contribution in [0.15, 0.2) is 6.07 Å². The summed E-state index contributed by atoms with van der Waals surface area (Å²) >= 11 is 5.90. The fourth-order valence-electron chi connectivity index (χ4n) is 1.63. The summed E-state index contributed by atoms with van der Waals surface area (Å²) in [5, 5.41) is 3.84. The number of hydrogen-bond donors (Lipinski definition) is 1. The topological polar surface area (TPSA) is 37.8 Å². The summed E-state index contributed by atoms with van der Waals surface area (Å²) < 4.78 is 0. The molecule has 1 aliphatic carbocycles. The third kappa shape index (κ3) is 2.81. The maximum Gasteiger partial charge on any atom is 0.134 e. The predicted molar refractivity (Wildman–Crippen MR) is 62.2 cm³/mol. The Bertz CT molecular complexity index is 354. The van der Waals surface area contributed by atoms with Crippen LogP contribution in [-0.4, -0.2) is 16.5 Å². The minimum absolute atomic E-state index is 0.521. The van der Waals surface area contributed by atoms with Crippen molar-refractivity contribution in [2.24, 2.45) is 11.8 Å². The molecule has 2 atom stereocenters. The van der Waals surface area contributed by atoms with E-state index in [1.54, 1.807) is 6.07 Å². The van der Waals surface area contributed by atoms with E-state index in [-0.39, 0.29) is 0 Å². The molecule has 4 heteroatoms. The summed E-state index contributed by atoms with van der Waals surface area (Å²) in [4.78, 5) is 8.49. The molecule has 0 saturated heterocycles. The lowest BCUT2D eigenvalue weighted by atomic mass is 10.3. The average Bonchev–Trinajstić information content (AvgIpc) is 2.91. The van der Waals surface area contributed by atoms with Crippen molar-refractivity contribution in [1.82, 2.24) is 9.97 Å². The largest absolute Gasteiger partial charge is 0.370 e. The van der Waals surface area contributed by atoms with Gasteiger partial charge in [-0.15, -0.1) is 0 Å². The molecule has 1 aromatic heterocycles. The highest BCUT2D eigenvalue weighted by molar-refractivity contribution is 6.29. The Kier molecular flexibility index (Phi) is 3.10. The van der Waals surface area contributed by atoms with Gasteiger partial charge in [0, 0.05) is 19.0 Å². The summed E-state index contributed by atoms with van der Waals surface area (Å²) in [5.74, 6) is 3.32. The van der Waals surface area contributed by atoms with Crippen LogP contribution in [0.25, 0.3) is 0 Å². The van der Waals surface area contributed by atoms with Crippen molar-refractivity contribution >= 4 is 17.4 Å². The lowest BCUT2D eigenvalue weighted by molar-refractivity contribution is 0.782. The first-order valence-corrected chi connectivity index (χ1v) is 5.84. The second-order valence-corrected chi connectivity index (χ2v) is 4.59. The zero-order chi connectivity index (χ0) is 10.8. The monoisotopic (exact) mass is 225 g/mol. The third-order valence-corrected chi connectivity index (χ3v) is 3.07. The highest BCUT2D eigenvalue weighted by Crippen LogP contribution is 2.37. The third-order valence-electron chi connectivity index (χ3n) is 2.88. The normalized spacial score (nSPS) is 23.9. The smallest absolute Gasteiger partial charge is 0.134 e. The van der Waals surface area contributed by atoms with E-state index in [4.69, 9.17) is 11.6 Å². The number of aromatic nitrogens is 2. The first-order valence-electron chi connectivity index (χ1n) is 5.46. The van der Waals surface area contributed by atoms with E-state index in [0.717, 1.165) is 36.4 Å². The van der Waals surface area contributed by atoms with E-state index in [9.17, 15) is 0 Å². The maximum atomic E-state index is 5.90. The number of rotatable bonds is 4. The Morgan fingerprint density at radius 2 is 2.27 bits per heavy atom. The van der Waals surface area contributed by atoms with Crippen molar-refractivity contribution in [2.45, 2.75) is 26.7 Å². The highest BCUT2D eigenvalue weighted by Gasteiger charge is 2.31. The van der Waals surface area contributed by atoms with Gasteiger partial charge in [-0.05, 0) is 18.3 Å². The summed E-state index contributed by atoms with van der Waals surface area (Å²) in [6, 6.07) is 1.79. The van der Waals surface area contributed by atoms with Crippen LogP contribution in [0.3, 0.4) is 0 Å². The van der Waals surface area contributed by atoms with Crippen molar-refractivity contribution in [2.75, 3.05) is 11.9 Å². The zero-order valence-electron chi connectivity index (χ0n) is 9.13. The molecule has 3 nitrogen and oxygen atoms in total. The number of hydrogen-bond acceptors (Lipinski definition) is 3. The molecule has 1 N–H and O–H groups in total. The van der Waals surface area contributed by atoms with Gasteiger partial charge < -0.3 is 5.32 Å². The summed E-state index contributed by atoms with van der Waals surface area (Å²) in [7, 11) is 0. The van der Waals surface area contributed by atoms with Crippen LogP contribution in [0, 0.1) is 11.8 Å². The van der Waals surface area contributed by atoms with Gasteiger partial charge >= 0.3 is 0 Å². The molecule has 0 bridgehead atoms. The van der Waals surface area contributed by atoms with E-state index in [1.807, 2.05) is 6.92 Å². The van der Waals surface area contributed by atoms with Gasteiger partial charge in [0.1, 0.15) is 16.8 Å².